The zero-order valence-corrected chi connectivity index (χ0v) is 22.3. The second-order valence-corrected chi connectivity index (χ2v) is 10.6. The molecule has 2 aromatic heterocycles. The summed E-state index contributed by atoms with van der Waals surface area (Å²) in [5.74, 6) is -0.0957. The van der Waals surface area contributed by atoms with E-state index in [4.69, 9.17) is 4.74 Å². The minimum absolute atomic E-state index is 0.0654. The van der Waals surface area contributed by atoms with E-state index in [0.29, 0.717) is 37.7 Å². The van der Waals surface area contributed by atoms with Crippen LogP contribution in [0.3, 0.4) is 0 Å². The van der Waals surface area contributed by atoms with Crippen LogP contribution in [0.25, 0.3) is 0 Å². The van der Waals surface area contributed by atoms with Crippen molar-refractivity contribution in [2.24, 2.45) is 0 Å². The van der Waals surface area contributed by atoms with Crippen molar-refractivity contribution in [2.75, 3.05) is 56.6 Å². The van der Waals surface area contributed by atoms with Crippen molar-refractivity contribution in [1.29, 1.82) is 0 Å². The molecule has 0 radical (unpaired) electrons. The summed E-state index contributed by atoms with van der Waals surface area (Å²) >= 11 is 0. The number of likely N-dealkylation sites (tertiary alicyclic amines) is 2. The van der Waals surface area contributed by atoms with Gasteiger partial charge in [0.2, 0.25) is 11.9 Å². The van der Waals surface area contributed by atoms with Gasteiger partial charge in [-0.15, -0.1) is 0 Å². The molecule has 2 N–H and O–H groups in total. The maximum absolute atomic E-state index is 13.7. The quantitative estimate of drug-likeness (QED) is 0.453. The first-order valence-corrected chi connectivity index (χ1v) is 13.9. The summed E-state index contributed by atoms with van der Waals surface area (Å²) in [5.41, 5.74) is 0.468. The van der Waals surface area contributed by atoms with Crippen LogP contribution in [0.1, 0.15) is 62.2 Å². The maximum Gasteiger partial charge on any atom is 0.421 e. The average Bonchev–Trinajstić information content (AvgIpc) is 3.10. The molecular formula is C26H37F3N8O2. The van der Waals surface area contributed by atoms with Gasteiger partial charge in [-0.05, 0) is 39.0 Å². The highest BCUT2D eigenvalue weighted by Crippen LogP contribution is 2.34. The first-order valence-electron chi connectivity index (χ1n) is 13.9. The predicted molar refractivity (Wildman–Crippen MR) is 140 cm³/mol. The molecule has 0 bridgehead atoms. The molecule has 1 amide bonds. The third-order valence-corrected chi connectivity index (χ3v) is 7.84. The third-order valence-electron chi connectivity index (χ3n) is 7.84. The van der Waals surface area contributed by atoms with Crippen molar-refractivity contribution in [2.45, 2.75) is 70.1 Å². The van der Waals surface area contributed by atoms with Crippen molar-refractivity contribution < 1.29 is 22.7 Å². The lowest BCUT2D eigenvalue weighted by atomic mass is 10.0. The van der Waals surface area contributed by atoms with E-state index in [-0.39, 0.29) is 30.3 Å². The molecule has 0 atom stereocenters. The molecule has 2 aromatic rings. The molecule has 13 heteroatoms. The summed E-state index contributed by atoms with van der Waals surface area (Å²) in [6.45, 7) is 6.92. The van der Waals surface area contributed by atoms with E-state index in [2.05, 4.69) is 30.6 Å². The van der Waals surface area contributed by atoms with E-state index in [9.17, 15) is 18.0 Å². The topological polar surface area (TPSA) is 100 Å². The molecule has 5 heterocycles. The maximum atomic E-state index is 13.7. The van der Waals surface area contributed by atoms with Crippen molar-refractivity contribution in [1.82, 2.24) is 29.5 Å². The van der Waals surface area contributed by atoms with E-state index in [1.807, 2.05) is 17.8 Å². The average molecular weight is 551 g/mol. The summed E-state index contributed by atoms with van der Waals surface area (Å²) < 4.78 is 48.2. The first kappa shape index (κ1) is 27.6. The number of nitrogens with one attached hydrogen (secondary N) is 2. The van der Waals surface area contributed by atoms with Crippen LogP contribution in [-0.2, 0) is 15.7 Å². The fourth-order valence-electron chi connectivity index (χ4n) is 5.40. The number of anilines is 3. The van der Waals surface area contributed by atoms with Crippen LogP contribution in [0.2, 0.25) is 0 Å². The monoisotopic (exact) mass is 550 g/mol. The van der Waals surface area contributed by atoms with Crippen molar-refractivity contribution in [3.63, 3.8) is 0 Å². The largest absolute Gasteiger partial charge is 0.421 e. The lowest BCUT2D eigenvalue weighted by Crippen LogP contribution is -2.51. The van der Waals surface area contributed by atoms with Crippen LogP contribution in [0.15, 0.2) is 12.4 Å². The van der Waals surface area contributed by atoms with E-state index in [1.54, 1.807) is 4.90 Å². The Balaban J connectivity index is 1.21. The number of carbonyl (C=O) groups is 1. The standard InChI is InChI=1S/C26H37F3N8O2/c1-18-22(15-37(34-18)19-7-12-35(13-8-19)20-16-39-17-20)32-25-31-14-21(26(27,28)29)24(33-25)30-9-5-11-36-10-4-2-3-6-23(36)38/h14-15,19-20H,2-13,16-17H2,1H3,(H2,30,31,32,33). The Kier molecular flexibility index (Phi) is 8.55. The first-order chi connectivity index (χ1) is 18.8. The number of carbonyl (C=O) groups excluding carboxylic acids is 1. The van der Waals surface area contributed by atoms with E-state index in [0.717, 1.165) is 70.3 Å². The Bertz CT molecular complexity index is 1130. The summed E-state index contributed by atoms with van der Waals surface area (Å²) in [6, 6.07) is 0.789. The SMILES string of the molecule is Cc1nn(C2CCN(C3COC3)CC2)cc1Nc1ncc(C(F)(F)F)c(NCCCN2CCCCCC2=O)n1. The molecule has 0 unspecified atom stereocenters. The summed E-state index contributed by atoms with van der Waals surface area (Å²) in [6.07, 6.45) is 3.99. The molecular weight excluding hydrogens is 513 g/mol. The van der Waals surface area contributed by atoms with E-state index >= 15 is 0 Å². The third kappa shape index (κ3) is 6.81. The van der Waals surface area contributed by atoms with Crippen LogP contribution in [-0.4, -0.2) is 87.4 Å². The normalized spacial score (nSPS) is 20.1. The van der Waals surface area contributed by atoms with Crippen LogP contribution in [0.4, 0.5) is 30.6 Å². The summed E-state index contributed by atoms with van der Waals surface area (Å²) in [7, 11) is 0. The molecule has 0 saturated carbocycles. The molecule has 3 aliphatic rings. The predicted octanol–water partition coefficient (Wildman–Crippen LogP) is 3.98. The van der Waals surface area contributed by atoms with Gasteiger partial charge in [0, 0.05) is 51.5 Å². The Morgan fingerprint density at radius 1 is 1.10 bits per heavy atom. The molecule has 3 fully saturated rings. The Labute approximate surface area is 226 Å². The van der Waals surface area contributed by atoms with Crippen molar-refractivity contribution >= 4 is 23.4 Å². The molecule has 39 heavy (non-hydrogen) atoms. The zero-order chi connectivity index (χ0) is 27.4. The Morgan fingerprint density at radius 2 is 1.90 bits per heavy atom. The highest BCUT2D eigenvalue weighted by molar-refractivity contribution is 5.76. The summed E-state index contributed by atoms with van der Waals surface area (Å²) in [4.78, 5) is 24.6. The number of aromatic nitrogens is 4. The molecule has 0 aromatic carbocycles. The number of hydrogen-bond acceptors (Lipinski definition) is 8. The van der Waals surface area contributed by atoms with Crippen LogP contribution in [0.5, 0.6) is 0 Å². The van der Waals surface area contributed by atoms with E-state index in [1.165, 1.54) is 0 Å². The van der Waals surface area contributed by atoms with Gasteiger partial charge in [0.25, 0.3) is 0 Å². The van der Waals surface area contributed by atoms with Gasteiger partial charge in [0.15, 0.2) is 0 Å². The number of rotatable bonds is 9. The lowest BCUT2D eigenvalue weighted by molar-refractivity contribution is -0.137. The number of halogens is 3. The van der Waals surface area contributed by atoms with Crippen LogP contribution in [0, 0.1) is 6.92 Å². The number of nitrogens with zero attached hydrogens (tertiary/aromatic N) is 6. The van der Waals surface area contributed by atoms with Gasteiger partial charge in [0.05, 0.1) is 36.7 Å². The number of piperidine rings is 1. The van der Waals surface area contributed by atoms with Crippen molar-refractivity contribution in [3.8, 4) is 0 Å². The lowest BCUT2D eigenvalue weighted by Gasteiger charge is -2.41. The van der Waals surface area contributed by atoms with Crippen LogP contribution < -0.4 is 10.6 Å². The van der Waals surface area contributed by atoms with Crippen molar-refractivity contribution in [3.05, 3.63) is 23.7 Å². The molecule has 10 nitrogen and oxygen atoms in total. The second-order valence-electron chi connectivity index (χ2n) is 10.6. The van der Waals surface area contributed by atoms with Gasteiger partial charge in [0.1, 0.15) is 11.4 Å². The number of amides is 1. The fourth-order valence-corrected chi connectivity index (χ4v) is 5.40. The molecule has 214 valence electrons. The number of alkyl halides is 3. The number of aryl methyl sites for hydroxylation is 1. The minimum Gasteiger partial charge on any atom is -0.378 e. The smallest absolute Gasteiger partial charge is 0.378 e. The Hall–Kier alpha value is -2.93. The fraction of sp³-hybridized carbons (Fsp3) is 0.692. The van der Waals surface area contributed by atoms with Gasteiger partial charge in [-0.25, -0.2) is 4.98 Å². The number of hydrogen-bond donors (Lipinski definition) is 2. The highest BCUT2D eigenvalue weighted by atomic mass is 19.4. The minimum atomic E-state index is -4.59. The van der Waals surface area contributed by atoms with E-state index < -0.39 is 11.7 Å². The van der Waals surface area contributed by atoms with Crippen LogP contribution >= 0.6 is 0 Å². The zero-order valence-electron chi connectivity index (χ0n) is 22.3. The molecule has 3 aliphatic heterocycles. The second kappa shape index (κ2) is 12.1. The van der Waals surface area contributed by atoms with Gasteiger partial charge < -0.3 is 20.3 Å². The molecule has 5 rings (SSSR count). The number of ether oxygens (including phenoxy) is 1. The van der Waals surface area contributed by atoms with Gasteiger partial charge in [-0.3, -0.25) is 14.4 Å². The van der Waals surface area contributed by atoms with Gasteiger partial charge in [-0.1, -0.05) is 6.42 Å². The highest BCUT2D eigenvalue weighted by Gasteiger charge is 2.35. The Morgan fingerprint density at radius 3 is 2.62 bits per heavy atom. The molecule has 0 spiro atoms. The molecule has 3 saturated heterocycles. The van der Waals surface area contributed by atoms with Gasteiger partial charge >= 0.3 is 6.18 Å². The summed E-state index contributed by atoms with van der Waals surface area (Å²) in [5, 5.41) is 10.5. The molecule has 0 aliphatic carbocycles. The van der Waals surface area contributed by atoms with Gasteiger partial charge in [-0.2, -0.15) is 23.3 Å².